The van der Waals surface area contributed by atoms with E-state index >= 15 is 0 Å². The number of furan rings is 1. The van der Waals surface area contributed by atoms with Gasteiger partial charge in [-0.3, -0.25) is 9.69 Å². The zero-order valence-electron chi connectivity index (χ0n) is 18.1. The minimum absolute atomic E-state index is 0.126. The summed E-state index contributed by atoms with van der Waals surface area (Å²) in [6, 6.07) is 16.6. The van der Waals surface area contributed by atoms with E-state index in [1.807, 2.05) is 24.3 Å². The number of hydrogen-bond donors (Lipinski definition) is 0. The van der Waals surface area contributed by atoms with Gasteiger partial charge >= 0.3 is 0 Å². The van der Waals surface area contributed by atoms with Gasteiger partial charge in [-0.05, 0) is 49.2 Å². The fourth-order valence-corrected chi connectivity index (χ4v) is 6.64. The maximum atomic E-state index is 14.1. The van der Waals surface area contributed by atoms with Crippen LogP contribution in [0.3, 0.4) is 0 Å². The zero-order chi connectivity index (χ0) is 23.7. The van der Waals surface area contributed by atoms with Crippen LogP contribution in [0.2, 0.25) is 0 Å². The molecule has 0 spiro atoms. The normalized spacial score (nSPS) is 15.6. The van der Waals surface area contributed by atoms with Crippen LogP contribution in [-0.2, 0) is 21.4 Å². The van der Waals surface area contributed by atoms with Gasteiger partial charge < -0.3 is 4.42 Å². The van der Waals surface area contributed by atoms with E-state index in [1.165, 1.54) is 33.8 Å². The third-order valence-corrected chi connectivity index (χ3v) is 8.92. The molecule has 7 nitrogen and oxygen atoms in total. The first-order chi connectivity index (χ1) is 16.4. The lowest BCUT2D eigenvalue weighted by atomic mass is 9.96. The largest absolute Gasteiger partial charge is 0.467 e. The SMILES string of the molecule is O=C(C1CCN(S(=O)(=O)c2ccccc2F)CC1)N(Cc1ccco1)c1nc2ccccc2s1. The predicted molar refractivity (Wildman–Crippen MR) is 127 cm³/mol. The first kappa shape index (κ1) is 22.7. The Bertz CT molecular complexity index is 1380. The highest BCUT2D eigenvalue weighted by Gasteiger charge is 2.36. The van der Waals surface area contributed by atoms with Crippen LogP contribution < -0.4 is 4.90 Å². The van der Waals surface area contributed by atoms with Crippen molar-refractivity contribution in [2.24, 2.45) is 5.92 Å². The van der Waals surface area contributed by atoms with E-state index in [2.05, 4.69) is 4.98 Å². The molecular weight excluding hydrogens is 477 g/mol. The number of thiazole rings is 1. The molecule has 1 aliphatic rings. The summed E-state index contributed by atoms with van der Waals surface area (Å²) in [6.45, 7) is 0.516. The van der Waals surface area contributed by atoms with E-state index in [9.17, 15) is 17.6 Å². The van der Waals surface area contributed by atoms with Crippen molar-refractivity contribution in [3.8, 4) is 0 Å². The molecule has 0 aliphatic carbocycles. The Balaban J connectivity index is 1.36. The summed E-state index contributed by atoms with van der Waals surface area (Å²) in [4.78, 5) is 19.5. The first-order valence-electron chi connectivity index (χ1n) is 10.9. The fraction of sp³-hybridized carbons (Fsp3) is 0.250. The van der Waals surface area contributed by atoms with E-state index in [1.54, 1.807) is 23.3 Å². The molecule has 5 rings (SSSR count). The summed E-state index contributed by atoms with van der Waals surface area (Å²) in [5.74, 6) is -0.652. The number of piperidine rings is 1. The van der Waals surface area contributed by atoms with Crippen molar-refractivity contribution in [3.05, 3.63) is 78.5 Å². The van der Waals surface area contributed by atoms with Gasteiger partial charge in [0, 0.05) is 19.0 Å². The fourth-order valence-electron chi connectivity index (χ4n) is 4.13. The minimum atomic E-state index is -3.96. The molecule has 176 valence electrons. The Hall–Kier alpha value is -3.08. The lowest BCUT2D eigenvalue weighted by Crippen LogP contribution is -2.44. The molecule has 10 heteroatoms. The quantitative estimate of drug-likeness (QED) is 0.385. The first-order valence-corrected chi connectivity index (χ1v) is 13.1. The highest BCUT2D eigenvalue weighted by atomic mass is 32.2. The molecule has 34 heavy (non-hydrogen) atoms. The summed E-state index contributed by atoms with van der Waals surface area (Å²) in [6.07, 6.45) is 2.24. The lowest BCUT2D eigenvalue weighted by Gasteiger charge is -2.32. The van der Waals surface area contributed by atoms with Crippen LogP contribution in [0.1, 0.15) is 18.6 Å². The van der Waals surface area contributed by atoms with Crippen LogP contribution in [0.25, 0.3) is 10.2 Å². The molecule has 3 heterocycles. The second kappa shape index (κ2) is 9.28. The smallest absolute Gasteiger partial charge is 0.245 e. The van der Waals surface area contributed by atoms with Gasteiger partial charge in [-0.25, -0.2) is 17.8 Å². The average Bonchev–Trinajstić information content (AvgIpc) is 3.52. The number of fused-ring (bicyclic) bond motifs is 1. The molecule has 2 aromatic heterocycles. The molecule has 0 N–H and O–H groups in total. The Morgan fingerprint density at radius 2 is 1.82 bits per heavy atom. The molecule has 2 aromatic carbocycles. The third kappa shape index (κ3) is 4.36. The molecule has 1 fully saturated rings. The lowest BCUT2D eigenvalue weighted by molar-refractivity contribution is -0.123. The monoisotopic (exact) mass is 499 g/mol. The van der Waals surface area contributed by atoms with Gasteiger partial charge in [0.2, 0.25) is 15.9 Å². The van der Waals surface area contributed by atoms with Crippen molar-refractivity contribution < 1.29 is 22.0 Å². The predicted octanol–water partition coefficient (Wildman–Crippen LogP) is 4.66. The Labute approximate surface area is 200 Å². The Kier molecular flexibility index (Phi) is 6.20. The van der Waals surface area contributed by atoms with Crippen LogP contribution in [0.4, 0.5) is 9.52 Å². The minimum Gasteiger partial charge on any atom is -0.467 e. The number of halogens is 1. The second-order valence-corrected chi connectivity index (χ2v) is 11.0. The number of nitrogens with zero attached hydrogens (tertiary/aromatic N) is 3. The van der Waals surface area contributed by atoms with E-state index in [4.69, 9.17) is 4.42 Å². The number of sulfonamides is 1. The second-order valence-electron chi connectivity index (χ2n) is 8.08. The molecule has 0 saturated carbocycles. The molecule has 0 radical (unpaired) electrons. The highest BCUT2D eigenvalue weighted by molar-refractivity contribution is 7.89. The van der Waals surface area contributed by atoms with E-state index < -0.39 is 15.8 Å². The molecule has 1 aliphatic heterocycles. The number of para-hydroxylation sites is 1. The van der Waals surface area contributed by atoms with E-state index in [0.717, 1.165) is 16.3 Å². The Morgan fingerprint density at radius 3 is 2.53 bits per heavy atom. The van der Waals surface area contributed by atoms with Crippen molar-refractivity contribution in [3.63, 3.8) is 0 Å². The number of benzene rings is 2. The van der Waals surface area contributed by atoms with Crippen molar-refractivity contribution in [2.75, 3.05) is 18.0 Å². The molecular formula is C24H22FN3O4S2. The van der Waals surface area contributed by atoms with Crippen molar-refractivity contribution >= 4 is 42.6 Å². The number of amides is 1. The standard InChI is InChI=1S/C24H22FN3O4S2/c25-19-7-1-4-10-22(19)34(30,31)27-13-11-17(12-14-27)23(29)28(16-18-6-5-15-32-18)24-26-20-8-2-3-9-21(20)33-24/h1-10,15,17H,11-14,16H2. The molecule has 0 unspecified atom stereocenters. The van der Waals surface area contributed by atoms with Gasteiger partial charge in [-0.2, -0.15) is 4.31 Å². The van der Waals surface area contributed by atoms with Gasteiger partial charge in [0.05, 0.1) is 23.0 Å². The topological polar surface area (TPSA) is 83.7 Å². The number of carbonyl (C=O) groups is 1. The van der Waals surface area contributed by atoms with Gasteiger partial charge in [0.15, 0.2) is 5.13 Å². The number of hydrogen-bond acceptors (Lipinski definition) is 6. The highest BCUT2D eigenvalue weighted by Crippen LogP contribution is 2.33. The number of carbonyl (C=O) groups excluding carboxylic acids is 1. The summed E-state index contributed by atoms with van der Waals surface area (Å²) < 4.78 is 47.7. The maximum Gasteiger partial charge on any atom is 0.245 e. The average molecular weight is 500 g/mol. The third-order valence-electron chi connectivity index (χ3n) is 5.93. The summed E-state index contributed by atoms with van der Waals surface area (Å²) in [5, 5.41) is 0.573. The van der Waals surface area contributed by atoms with Crippen molar-refractivity contribution in [2.45, 2.75) is 24.3 Å². The van der Waals surface area contributed by atoms with Crippen LogP contribution in [0.5, 0.6) is 0 Å². The number of aromatic nitrogens is 1. The summed E-state index contributed by atoms with van der Waals surface area (Å²) in [7, 11) is -3.96. The molecule has 0 atom stereocenters. The molecule has 0 bridgehead atoms. The van der Waals surface area contributed by atoms with Gasteiger partial charge in [0.25, 0.3) is 0 Å². The van der Waals surface area contributed by atoms with Crippen LogP contribution in [-0.4, -0.2) is 36.7 Å². The van der Waals surface area contributed by atoms with Gasteiger partial charge in [0.1, 0.15) is 16.5 Å². The maximum absolute atomic E-state index is 14.1. The van der Waals surface area contributed by atoms with Crippen LogP contribution >= 0.6 is 11.3 Å². The number of anilines is 1. The zero-order valence-corrected chi connectivity index (χ0v) is 19.8. The van der Waals surface area contributed by atoms with Crippen molar-refractivity contribution in [1.82, 2.24) is 9.29 Å². The summed E-state index contributed by atoms with van der Waals surface area (Å²) in [5.41, 5.74) is 0.811. The van der Waals surface area contributed by atoms with E-state index in [0.29, 0.717) is 23.7 Å². The van der Waals surface area contributed by atoms with Gasteiger partial charge in [-0.1, -0.05) is 35.6 Å². The number of rotatable bonds is 6. The van der Waals surface area contributed by atoms with E-state index in [-0.39, 0.29) is 36.4 Å². The molecule has 4 aromatic rings. The van der Waals surface area contributed by atoms with Crippen LogP contribution in [0, 0.1) is 11.7 Å². The van der Waals surface area contributed by atoms with Gasteiger partial charge in [-0.15, -0.1) is 0 Å². The van der Waals surface area contributed by atoms with Crippen LogP contribution in [0.15, 0.2) is 76.2 Å². The van der Waals surface area contributed by atoms with Crippen molar-refractivity contribution in [1.29, 1.82) is 0 Å². The molecule has 1 saturated heterocycles. The molecule has 1 amide bonds. The summed E-state index contributed by atoms with van der Waals surface area (Å²) >= 11 is 1.43. The Morgan fingerprint density at radius 1 is 1.09 bits per heavy atom.